The molecule has 1 aromatic heterocycles. The molecule has 0 bridgehead atoms. The Labute approximate surface area is 122 Å². The van der Waals surface area contributed by atoms with Gasteiger partial charge in [-0.2, -0.15) is 0 Å². The van der Waals surface area contributed by atoms with E-state index >= 15 is 0 Å². The number of nitrogens with one attached hydrogen (secondary N) is 3. The van der Waals surface area contributed by atoms with Gasteiger partial charge in [0.05, 0.1) is 11.0 Å². The minimum absolute atomic E-state index is 0.118. The number of aromatic nitrogens is 2. The molecule has 2 atom stereocenters. The van der Waals surface area contributed by atoms with Crippen molar-refractivity contribution in [2.45, 2.75) is 39.3 Å². The highest BCUT2D eigenvalue weighted by molar-refractivity contribution is 5.75. The minimum Gasteiger partial charge on any atom is -0.480 e. The van der Waals surface area contributed by atoms with Crippen LogP contribution in [-0.2, 0) is 4.79 Å². The van der Waals surface area contributed by atoms with Gasteiger partial charge in [-0.05, 0) is 37.0 Å². The lowest BCUT2D eigenvalue weighted by molar-refractivity contribution is -0.140. The Hall–Kier alpha value is -2.08. The second kappa shape index (κ2) is 6.13. The first kappa shape index (κ1) is 15.3. The summed E-state index contributed by atoms with van der Waals surface area (Å²) in [6.45, 7) is 5.92. The predicted molar refractivity (Wildman–Crippen MR) is 81.3 cm³/mol. The van der Waals surface area contributed by atoms with Gasteiger partial charge in [-0.15, -0.1) is 0 Å². The molecular formula is C15H21N3O3. The van der Waals surface area contributed by atoms with Crippen LogP contribution in [0, 0.1) is 5.92 Å². The molecule has 6 heteroatoms. The normalized spacial score (nSPS) is 14.5. The van der Waals surface area contributed by atoms with Crippen LogP contribution in [0.2, 0.25) is 0 Å². The SMILES string of the molecule is CC(C)CC(NC(C)c1ccc2[nH]c(=O)[nH]c2c1)C(=O)O. The summed E-state index contributed by atoms with van der Waals surface area (Å²) in [5.41, 5.74) is 2.16. The third-order valence-corrected chi connectivity index (χ3v) is 3.50. The van der Waals surface area contributed by atoms with Gasteiger partial charge >= 0.3 is 11.7 Å². The maximum Gasteiger partial charge on any atom is 0.323 e. The van der Waals surface area contributed by atoms with Crippen LogP contribution < -0.4 is 11.0 Å². The predicted octanol–water partition coefficient (Wildman–Crippen LogP) is 2.01. The lowest BCUT2D eigenvalue weighted by Gasteiger charge is -2.22. The van der Waals surface area contributed by atoms with E-state index in [1.54, 1.807) is 0 Å². The summed E-state index contributed by atoms with van der Waals surface area (Å²) in [5, 5.41) is 12.4. The Kier molecular flexibility index (Phi) is 4.47. The van der Waals surface area contributed by atoms with Crippen LogP contribution in [0.25, 0.3) is 11.0 Å². The van der Waals surface area contributed by atoms with Crippen molar-refractivity contribution in [1.82, 2.24) is 15.3 Å². The Morgan fingerprint density at radius 2 is 1.90 bits per heavy atom. The van der Waals surface area contributed by atoms with E-state index in [0.29, 0.717) is 12.3 Å². The van der Waals surface area contributed by atoms with Crippen molar-refractivity contribution in [3.05, 3.63) is 34.2 Å². The van der Waals surface area contributed by atoms with E-state index in [0.717, 1.165) is 16.6 Å². The van der Waals surface area contributed by atoms with Gasteiger partial charge in [0, 0.05) is 6.04 Å². The molecule has 0 saturated carbocycles. The number of H-pyrrole nitrogens is 2. The number of aliphatic carboxylic acids is 1. The smallest absolute Gasteiger partial charge is 0.323 e. The highest BCUT2D eigenvalue weighted by Crippen LogP contribution is 2.18. The highest BCUT2D eigenvalue weighted by Gasteiger charge is 2.21. The van der Waals surface area contributed by atoms with Crippen LogP contribution in [0.4, 0.5) is 0 Å². The molecule has 1 aromatic carbocycles. The second-order valence-corrected chi connectivity index (χ2v) is 5.79. The molecule has 0 radical (unpaired) electrons. The van der Waals surface area contributed by atoms with Gasteiger partial charge in [0.2, 0.25) is 0 Å². The number of carbonyl (C=O) groups is 1. The fraction of sp³-hybridized carbons (Fsp3) is 0.467. The Bertz CT molecular complexity index is 687. The van der Waals surface area contributed by atoms with Gasteiger partial charge in [-0.1, -0.05) is 19.9 Å². The molecule has 2 unspecified atom stereocenters. The summed E-state index contributed by atoms with van der Waals surface area (Å²) in [6, 6.07) is 4.87. The number of fused-ring (bicyclic) bond motifs is 1. The monoisotopic (exact) mass is 291 g/mol. The fourth-order valence-corrected chi connectivity index (χ4v) is 2.43. The topological polar surface area (TPSA) is 98.0 Å². The van der Waals surface area contributed by atoms with Gasteiger partial charge < -0.3 is 15.1 Å². The molecular weight excluding hydrogens is 270 g/mol. The summed E-state index contributed by atoms with van der Waals surface area (Å²) in [4.78, 5) is 27.9. The van der Waals surface area contributed by atoms with Gasteiger partial charge in [0.15, 0.2) is 0 Å². The molecule has 1 heterocycles. The molecule has 0 amide bonds. The molecule has 0 saturated heterocycles. The number of imidazole rings is 1. The second-order valence-electron chi connectivity index (χ2n) is 5.79. The van der Waals surface area contributed by atoms with Crippen molar-refractivity contribution in [2.75, 3.05) is 0 Å². The van der Waals surface area contributed by atoms with Crippen LogP contribution >= 0.6 is 0 Å². The summed E-state index contributed by atoms with van der Waals surface area (Å²) in [6.07, 6.45) is 0.572. The van der Waals surface area contributed by atoms with E-state index in [-0.39, 0.29) is 11.7 Å². The van der Waals surface area contributed by atoms with Crippen LogP contribution in [0.5, 0.6) is 0 Å². The van der Waals surface area contributed by atoms with Crippen LogP contribution in [-0.4, -0.2) is 27.1 Å². The molecule has 0 aliphatic rings. The van der Waals surface area contributed by atoms with E-state index in [4.69, 9.17) is 0 Å². The van der Waals surface area contributed by atoms with E-state index < -0.39 is 12.0 Å². The van der Waals surface area contributed by atoms with E-state index in [1.807, 2.05) is 39.0 Å². The Morgan fingerprint density at radius 1 is 1.24 bits per heavy atom. The van der Waals surface area contributed by atoms with E-state index in [9.17, 15) is 14.7 Å². The molecule has 2 aromatic rings. The number of carboxylic acid groups (broad SMARTS) is 1. The quantitative estimate of drug-likeness (QED) is 0.654. The molecule has 21 heavy (non-hydrogen) atoms. The van der Waals surface area contributed by atoms with Crippen LogP contribution in [0.3, 0.4) is 0 Å². The van der Waals surface area contributed by atoms with Crippen molar-refractivity contribution in [2.24, 2.45) is 5.92 Å². The number of rotatable bonds is 6. The van der Waals surface area contributed by atoms with Gasteiger partial charge in [-0.25, -0.2) is 4.79 Å². The first-order valence-corrected chi connectivity index (χ1v) is 7.07. The zero-order valence-corrected chi connectivity index (χ0v) is 12.4. The molecule has 114 valence electrons. The van der Waals surface area contributed by atoms with Crippen molar-refractivity contribution >= 4 is 17.0 Å². The first-order chi connectivity index (χ1) is 9.86. The number of hydrogen-bond donors (Lipinski definition) is 4. The lowest BCUT2D eigenvalue weighted by atomic mass is 10.0. The van der Waals surface area contributed by atoms with Gasteiger partial charge in [0.1, 0.15) is 6.04 Å². The van der Waals surface area contributed by atoms with Crippen LogP contribution in [0.15, 0.2) is 23.0 Å². The average Bonchev–Trinajstić information content (AvgIpc) is 2.76. The Balaban J connectivity index is 2.18. The molecule has 0 aliphatic heterocycles. The van der Waals surface area contributed by atoms with Crippen LogP contribution in [0.1, 0.15) is 38.8 Å². The molecule has 6 nitrogen and oxygen atoms in total. The largest absolute Gasteiger partial charge is 0.480 e. The zero-order chi connectivity index (χ0) is 15.6. The number of benzene rings is 1. The summed E-state index contributed by atoms with van der Waals surface area (Å²) < 4.78 is 0. The van der Waals surface area contributed by atoms with Crippen molar-refractivity contribution in [3.8, 4) is 0 Å². The first-order valence-electron chi connectivity index (χ1n) is 7.07. The third-order valence-electron chi connectivity index (χ3n) is 3.50. The molecule has 0 aliphatic carbocycles. The summed E-state index contributed by atoms with van der Waals surface area (Å²) in [5.74, 6) is -0.541. The maximum absolute atomic E-state index is 11.3. The average molecular weight is 291 g/mol. The zero-order valence-electron chi connectivity index (χ0n) is 12.4. The van der Waals surface area contributed by atoms with Crippen molar-refractivity contribution < 1.29 is 9.90 Å². The standard InChI is InChI=1S/C15H21N3O3/c1-8(2)6-13(14(19)20)16-9(3)10-4-5-11-12(7-10)18-15(21)17-11/h4-5,7-9,13,16H,6H2,1-3H3,(H,19,20)(H2,17,18,21). The fourth-order valence-electron chi connectivity index (χ4n) is 2.43. The van der Waals surface area contributed by atoms with E-state index in [2.05, 4.69) is 15.3 Å². The highest BCUT2D eigenvalue weighted by atomic mass is 16.4. The third kappa shape index (κ3) is 3.72. The summed E-state index contributed by atoms with van der Waals surface area (Å²) in [7, 11) is 0. The minimum atomic E-state index is -0.841. The Morgan fingerprint density at radius 3 is 2.52 bits per heavy atom. The number of hydrogen-bond acceptors (Lipinski definition) is 3. The molecule has 0 fully saturated rings. The van der Waals surface area contributed by atoms with Gasteiger partial charge in [0.25, 0.3) is 0 Å². The van der Waals surface area contributed by atoms with Gasteiger partial charge in [-0.3, -0.25) is 10.1 Å². The molecule has 2 rings (SSSR count). The molecule has 4 N–H and O–H groups in total. The van der Waals surface area contributed by atoms with Crippen molar-refractivity contribution in [1.29, 1.82) is 0 Å². The van der Waals surface area contributed by atoms with E-state index in [1.165, 1.54) is 0 Å². The number of aromatic amines is 2. The number of carboxylic acids is 1. The van der Waals surface area contributed by atoms with Crippen molar-refractivity contribution in [3.63, 3.8) is 0 Å². The summed E-state index contributed by atoms with van der Waals surface area (Å²) >= 11 is 0. The molecule has 0 spiro atoms. The lowest BCUT2D eigenvalue weighted by Crippen LogP contribution is -2.39. The maximum atomic E-state index is 11.3.